The Labute approximate surface area is 92.7 Å². The minimum Gasteiger partial charge on any atom is -0.348 e. The third-order valence-electron chi connectivity index (χ3n) is 3.07. The van der Waals surface area contributed by atoms with Crippen molar-refractivity contribution in [2.45, 2.75) is 12.5 Å². The number of nitrogens with zero attached hydrogens (tertiary/aromatic N) is 1. The average molecular weight is 218 g/mol. The number of quaternary nitrogens is 1. The topological polar surface area (TPSA) is 45.3 Å². The lowest BCUT2D eigenvalue weighted by atomic mass is 9.98. The van der Waals surface area contributed by atoms with Crippen molar-refractivity contribution in [3.63, 3.8) is 0 Å². The molecule has 0 fully saturated rings. The first-order valence-electron chi connectivity index (χ1n) is 5.45. The van der Waals surface area contributed by atoms with E-state index in [1.807, 2.05) is 12.1 Å². The van der Waals surface area contributed by atoms with E-state index >= 15 is 0 Å². The van der Waals surface area contributed by atoms with Crippen LogP contribution in [0.4, 0.5) is 4.39 Å². The number of rotatable bonds is 1. The van der Waals surface area contributed by atoms with Gasteiger partial charge in [0, 0.05) is 17.7 Å². The first kappa shape index (κ1) is 9.54. The number of fused-ring (bicyclic) bond motifs is 1. The van der Waals surface area contributed by atoms with Crippen LogP contribution in [0.2, 0.25) is 0 Å². The van der Waals surface area contributed by atoms with Gasteiger partial charge in [-0.05, 0) is 24.3 Å². The number of benzene rings is 1. The van der Waals surface area contributed by atoms with Crippen molar-refractivity contribution < 1.29 is 9.71 Å². The van der Waals surface area contributed by atoms with Crippen molar-refractivity contribution >= 4 is 0 Å². The van der Waals surface area contributed by atoms with Gasteiger partial charge in [-0.1, -0.05) is 0 Å². The summed E-state index contributed by atoms with van der Waals surface area (Å²) in [7, 11) is 0. The van der Waals surface area contributed by atoms with Gasteiger partial charge in [-0.2, -0.15) is 0 Å². The summed E-state index contributed by atoms with van der Waals surface area (Å²) in [5.41, 5.74) is 3.39. The summed E-state index contributed by atoms with van der Waals surface area (Å²) in [6, 6.07) is 6.88. The Kier molecular flexibility index (Phi) is 2.22. The highest BCUT2D eigenvalue weighted by Crippen LogP contribution is 2.21. The second-order valence-electron chi connectivity index (χ2n) is 4.07. The summed E-state index contributed by atoms with van der Waals surface area (Å²) in [5, 5.41) is 2.25. The molecule has 3 rings (SSSR count). The molecule has 0 spiro atoms. The molecule has 2 aromatic rings. The van der Waals surface area contributed by atoms with Crippen LogP contribution < -0.4 is 5.32 Å². The highest BCUT2D eigenvalue weighted by Gasteiger charge is 2.27. The van der Waals surface area contributed by atoms with Crippen LogP contribution in [0, 0.1) is 5.82 Å². The fourth-order valence-electron chi connectivity index (χ4n) is 2.27. The van der Waals surface area contributed by atoms with Gasteiger partial charge in [-0.25, -0.2) is 9.37 Å². The van der Waals surface area contributed by atoms with Gasteiger partial charge in [-0.15, -0.1) is 0 Å². The molecule has 2 heterocycles. The smallest absolute Gasteiger partial charge is 0.156 e. The minimum atomic E-state index is -0.193. The van der Waals surface area contributed by atoms with Crippen molar-refractivity contribution in [2.24, 2.45) is 0 Å². The summed E-state index contributed by atoms with van der Waals surface area (Å²) in [6.07, 6.45) is 2.76. The molecule has 0 amide bonds. The van der Waals surface area contributed by atoms with Crippen LogP contribution in [0.5, 0.6) is 0 Å². The van der Waals surface area contributed by atoms with E-state index in [9.17, 15) is 4.39 Å². The van der Waals surface area contributed by atoms with Gasteiger partial charge in [0.25, 0.3) is 0 Å². The summed E-state index contributed by atoms with van der Waals surface area (Å²) in [4.78, 5) is 7.52. The fraction of sp³-hybridized carbons (Fsp3) is 0.250. The molecule has 1 aromatic heterocycles. The van der Waals surface area contributed by atoms with Gasteiger partial charge in [0.2, 0.25) is 0 Å². The van der Waals surface area contributed by atoms with Gasteiger partial charge < -0.3 is 10.3 Å². The molecule has 1 atom stereocenters. The number of aromatic nitrogens is 2. The van der Waals surface area contributed by atoms with E-state index in [2.05, 4.69) is 15.3 Å². The van der Waals surface area contributed by atoms with Crippen LogP contribution in [0.25, 0.3) is 0 Å². The zero-order valence-corrected chi connectivity index (χ0v) is 8.78. The van der Waals surface area contributed by atoms with Gasteiger partial charge in [0.15, 0.2) is 6.04 Å². The minimum absolute atomic E-state index is 0.193. The van der Waals surface area contributed by atoms with Crippen LogP contribution in [-0.4, -0.2) is 16.5 Å². The van der Waals surface area contributed by atoms with Gasteiger partial charge in [0.1, 0.15) is 11.5 Å². The quantitative estimate of drug-likeness (QED) is 0.729. The third kappa shape index (κ3) is 1.51. The molecule has 3 nitrogen and oxygen atoms in total. The molecule has 0 saturated carbocycles. The van der Waals surface area contributed by atoms with Crippen molar-refractivity contribution in [1.82, 2.24) is 9.97 Å². The van der Waals surface area contributed by atoms with E-state index < -0.39 is 0 Å². The predicted octanol–water partition coefficient (Wildman–Crippen LogP) is 0.758. The first-order valence-corrected chi connectivity index (χ1v) is 5.45. The van der Waals surface area contributed by atoms with Crippen LogP contribution in [0.15, 0.2) is 30.6 Å². The molecule has 1 aliphatic rings. The highest BCUT2D eigenvalue weighted by molar-refractivity contribution is 5.29. The SMILES string of the molecule is Fc1ccc([C@@H]2[NH2+]CCc3[nH]cnc32)cc1. The predicted molar refractivity (Wildman–Crippen MR) is 57.3 cm³/mol. The average Bonchev–Trinajstić information content (AvgIpc) is 2.78. The van der Waals surface area contributed by atoms with Crippen LogP contribution in [0.1, 0.15) is 23.0 Å². The lowest BCUT2D eigenvalue weighted by Gasteiger charge is -2.19. The molecule has 0 unspecified atom stereocenters. The zero-order chi connectivity index (χ0) is 11.0. The summed E-state index contributed by atoms with van der Waals surface area (Å²) >= 11 is 0. The Bertz CT molecular complexity index is 489. The zero-order valence-electron chi connectivity index (χ0n) is 8.78. The summed E-state index contributed by atoms with van der Waals surface area (Å²) in [5.74, 6) is -0.193. The molecule has 3 N–H and O–H groups in total. The second kappa shape index (κ2) is 3.72. The number of H-pyrrole nitrogens is 1. The maximum Gasteiger partial charge on any atom is 0.156 e. The van der Waals surface area contributed by atoms with E-state index in [1.54, 1.807) is 6.33 Å². The second-order valence-corrected chi connectivity index (χ2v) is 4.07. The number of halogens is 1. The Balaban J connectivity index is 2.00. The maximum atomic E-state index is 12.9. The molecular weight excluding hydrogens is 205 g/mol. The van der Waals surface area contributed by atoms with Crippen molar-refractivity contribution in [3.8, 4) is 0 Å². The van der Waals surface area contributed by atoms with Crippen molar-refractivity contribution in [3.05, 3.63) is 53.4 Å². The molecule has 0 bridgehead atoms. The van der Waals surface area contributed by atoms with E-state index in [0.29, 0.717) is 0 Å². The molecule has 16 heavy (non-hydrogen) atoms. The third-order valence-corrected chi connectivity index (χ3v) is 3.07. The summed E-state index contributed by atoms with van der Waals surface area (Å²) < 4.78 is 12.9. The van der Waals surface area contributed by atoms with E-state index in [-0.39, 0.29) is 11.9 Å². The van der Waals surface area contributed by atoms with E-state index in [0.717, 1.165) is 24.2 Å². The number of hydrogen-bond acceptors (Lipinski definition) is 1. The number of aromatic amines is 1. The summed E-state index contributed by atoms with van der Waals surface area (Å²) in [6.45, 7) is 1.04. The lowest BCUT2D eigenvalue weighted by Crippen LogP contribution is -2.87. The number of nitrogens with two attached hydrogens (primary N) is 1. The Hall–Kier alpha value is -1.68. The van der Waals surface area contributed by atoms with Crippen molar-refractivity contribution in [1.29, 1.82) is 0 Å². The molecule has 0 saturated heterocycles. The van der Waals surface area contributed by atoms with Gasteiger partial charge >= 0.3 is 0 Å². The Morgan fingerprint density at radius 1 is 1.31 bits per heavy atom. The maximum absolute atomic E-state index is 12.9. The van der Waals surface area contributed by atoms with E-state index in [4.69, 9.17) is 0 Å². The normalized spacial score (nSPS) is 19.4. The van der Waals surface area contributed by atoms with E-state index in [1.165, 1.54) is 17.8 Å². The molecule has 0 aliphatic carbocycles. The van der Waals surface area contributed by atoms with Crippen LogP contribution in [0.3, 0.4) is 0 Å². The highest BCUT2D eigenvalue weighted by atomic mass is 19.1. The first-order chi connectivity index (χ1) is 7.84. The molecule has 82 valence electrons. The Morgan fingerprint density at radius 2 is 2.12 bits per heavy atom. The number of nitrogens with one attached hydrogen (secondary N) is 1. The van der Waals surface area contributed by atoms with Crippen LogP contribution >= 0.6 is 0 Å². The largest absolute Gasteiger partial charge is 0.348 e. The molecule has 0 radical (unpaired) electrons. The monoisotopic (exact) mass is 218 g/mol. The van der Waals surface area contributed by atoms with Gasteiger partial charge in [-0.3, -0.25) is 0 Å². The Morgan fingerprint density at radius 3 is 2.94 bits per heavy atom. The fourth-order valence-corrected chi connectivity index (χ4v) is 2.27. The molecular formula is C12H13FN3+. The molecule has 1 aliphatic heterocycles. The molecule has 1 aromatic carbocycles. The number of imidazole rings is 1. The lowest BCUT2D eigenvalue weighted by molar-refractivity contribution is -0.690. The van der Waals surface area contributed by atoms with Crippen molar-refractivity contribution in [2.75, 3.05) is 6.54 Å². The number of hydrogen-bond donors (Lipinski definition) is 2. The van der Waals surface area contributed by atoms with Crippen LogP contribution in [-0.2, 0) is 6.42 Å². The van der Waals surface area contributed by atoms with Gasteiger partial charge in [0.05, 0.1) is 12.9 Å². The molecule has 4 heteroatoms. The standard InChI is InChI=1S/C12H12FN3/c13-9-3-1-8(2-4-9)11-12-10(5-6-14-11)15-7-16-12/h1-4,7,11,14H,5-6H2,(H,15,16)/p+1/t11-/m0/s1.